The topological polar surface area (TPSA) is 97.3 Å². The van der Waals surface area contributed by atoms with Crippen molar-refractivity contribution in [3.8, 4) is 0 Å². The second-order valence-corrected chi connectivity index (χ2v) is 4.17. The van der Waals surface area contributed by atoms with Crippen LogP contribution in [-0.2, 0) is 0 Å². The largest absolute Gasteiger partial charge is 0.379 e. The summed E-state index contributed by atoms with van der Waals surface area (Å²) in [6.07, 6.45) is 0. The summed E-state index contributed by atoms with van der Waals surface area (Å²) in [7, 11) is 0. The Morgan fingerprint density at radius 1 is 1.25 bits per heavy atom. The Kier molecular flexibility index (Phi) is 4.19. The highest BCUT2D eigenvalue weighted by atomic mass is 16.6. The first-order chi connectivity index (χ1) is 9.65. The molecule has 106 valence electrons. The fourth-order valence-electron chi connectivity index (χ4n) is 1.89. The van der Waals surface area contributed by atoms with Gasteiger partial charge in [-0.3, -0.25) is 4.79 Å². The van der Waals surface area contributed by atoms with Crippen LogP contribution in [0.1, 0.15) is 24.3 Å². The van der Waals surface area contributed by atoms with Crippen LogP contribution in [0.3, 0.4) is 0 Å². The molecule has 0 spiro atoms. The van der Waals surface area contributed by atoms with Gasteiger partial charge in [-0.05, 0) is 48.4 Å². The Morgan fingerprint density at radius 3 is 2.40 bits per heavy atom. The number of carbonyl (C=O) groups is 1. The first-order valence-electron chi connectivity index (χ1n) is 6.40. The van der Waals surface area contributed by atoms with Crippen molar-refractivity contribution >= 4 is 23.1 Å². The molecule has 7 heteroatoms. The average Bonchev–Trinajstić information content (AvgIpc) is 2.88. The number of nitrogen functional groups attached to an aromatic ring is 1. The van der Waals surface area contributed by atoms with Gasteiger partial charge in [0.15, 0.2) is 0 Å². The number of anilines is 3. The van der Waals surface area contributed by atoms with E-state index in [0.717, 1.165) is 18.8 Å². The van der Waals surface area contributed by atoms with Crippen molar-refractivity contribution in [1.82, 2.24) is 10.3 Å². The third-order valence-corrected chi connectivity index (χ3v) is 2.98. The molecule has 0 atom stereocenters. The van der Waals surface area contributed by atoms with E-state index in [1.807, 2.05) is 24.3 Å². The number of benzene rings is 1. The van der Waals surface area contributed by atoms with Gasteiger partial charge >= 0.3 is 0 Å². The lowest BCUT2D eigenvalue weighted by Gasteiger charge is -2.21. The highest BCUT2D eigenvalue weighted by Crippen LogP contribution is 2.18. The molecule has 7 nitrogen and oxygen atoms in total. The quantitative estimate of drug-likeness (QED) is 0.862. The van der Waals surface area contributed by atoms with Crippen molar-refractivity contribution in [2.45, 2.75) is 13.8 Å². The van der Waals surface area contributed by atoms with Crippen molar-refractivity contribution in [2.24, 2.45) is 0 Å². The van der Waals surface area contributed by atoms with Crippen LogP contribution < -0.4 is 16.0 Å². The summed E-state index contributed by atoms with van der Waals surface area (Å²) in [6, 6.07) is 7.56. The average molecular weight is 275 g/mol. The van der Waals surface area contributed by atoms with E-state index >= 15 is 0 Å². The molecule has 1 aromatic heterocycles. The maximum Gasteiger partial charge on any atom is 0.281 e. The predicted octanol–water partition coefficient (Wildman–Crippen LogP) is 1.75. The molecule has 0 bridgehead atoms. The number of carbonyl (C=O) groups excluding carboxylic acids is 1. The van der Waals surface area contributed by atoms with Gasteiger partial charge in [-0.1, -0.05) is 0 Å². The highest BCUT2D eigenvalue weighted by molar-refractivity contribution is 6.05. The van der Waals surface area contributed by atoms with E-state index in [0.29, 0.717) is 5.69 Å². The standard InChI is InChI=1S/C13H17N5O2/c1-3-18(4-2)10-7-5-9(6-8-10)15-13(19)11-12(14)17-20-16-11/h5-8H,3-4H2,1-2H3,(H2,14,17)(H,15,19). The van der Waals surface area contributed by atoms with E-state index in [4.69, 9.17) is 5.73 Å². The zero-order valence-corrected chi connectivity index (χ0v) is 11.5. The summed E-state index contributed by atoms with van der Waals surface area (Å²) in [4.78, 5) is 14.1. The first kappa shape index (κ1) is 13.9. The molecule has 1 aromatic carbocycles. The molecule has 0 saturated heterocycles. The highest BCUT2D eigenvalue weighted by Gasteiger charge is 2.16. The lowest BCUT2D eigenvalue weighted by atomic mass is 10.2. The maximum absolute atomic E-state index is 11.9. The van der Waals surface area contributed by atoms with E-state index in [1.54, 1.807) is 0 Å². The number of rotatable bonds is 5. The number of hydrogen-bond donors (Lipinski definition) is 2. The van der Waals surface area contributed by atoms with Crippen LogP contribution in [0, 0.1) is 0 Å². The van der Waals surface area contributed by atoms with Gasteiger partial charge in [0.05, 0.1) is 0 Å². The van der Waals surface area contributed by atoms with Crippen LogP contribution in [0.2, 0.25) is 0 Å². The molecule has 2 rings (SSSR count). The number of nitrogens with zero attached hydrogens (tertiary/aromatic N) is 3. The van der Waals surface area contributed by atoms with Crippen LogP contribution in [0.25, 0.3) is 0 Å². The van der Waals surface area contributed by atoms with Gasteiger partial charge in [-0.25, -0.2) is 4.63 Å². The Morgan fingerprint density at radius 2 is 1.90 bits per heavy atom. The van der Waals surface area contributed by atoms with Crippen LogP contribution in [0.4, 0.5) is 17.2 Å². The van der Waals surface area contributed by atoms with E-state index < -0.39 is 5.91 Å². The number of hydrogen-bond acceptors (Lipinski definition) is 6. The zero-order valence-electron chi connectivity index (χ0n) is 11.5. The molecule has 0 aliphatic rings. The maximum atomic E-state index is 11.9. The van der Waals surface area contributed by atoms with E-state index in [9.17, 15) is 4.79 Å². The summed E-state index contributed by atoms with van der Waals surface area (Å²) in [5.74, 6) is -0.471. The van der Waals surface area contributed by atoms with Gasteiger partial charge < -0.3 is 16.0 Å². The molecule has 0 unspecified atom stereocenters. The van der Waals surface area contributed by atoms with Gasteiger partial charge in [0, 0.05) is 24.5 Å². The molecule has 2 aromatic rings. The van der Waals surface area contributed by atoms with Crippen LogP contribution in [0.15, 0.2) is 28.9 Å². The lowest BCUT2D eigenvalue weighted by Crippen LogP contribution is -2.21. The Bertz CT molecular complexity index is 575. The van der Waals surface area contributed by atoms with Crippen molar-refractivity contribution < 1.29 is 9.42 Å². The molecule has 1 heterocycles. The number of nitrogens with two attached hydrogens (primary N) is 1. The van der Waals surface area contributed by atoms with Gasteiger partial charge in [-0.15, -0.1) is 0 Å². The van der Waals surface area contributed by atoms with E-state index in [1.165, 1.54) is 0 Å². The summed E-state index contributed by atoms with van der Waals surface area (Å²) in [5, 5.41) is 9.50. The van der Waals surface area contributed by atoms with Gasteiger partial charge in [-0.2, -0.15) is 0 Å². The molecule has 1 amide bonds. The van der Waals surface area contributed by atoms with Crippen molar-refractivity contribution in [1.29, 1.82) is 0 Å². The predicted molar refractivity (Wildman–Crippen MR) is 76.7 cm³/mol. The second kappa shape index (κ2) is 6.05. The number of aromatic nitrogens is 2. The van der Waals surface area contributed by atoms with E-state index in [2.05, 4.69) is 39.0 Å². The van der Waals surface area contributed by atoms with Gasteiger partial charge in [0.1, 0.15) is 0 Å². The third-order valence-electron chi connectivity index (χ3n) is 2.98. The van der Waals surface area contributed by atoms with Crippen LogP contribution >= 0.6 is 0 Å². The Hall–Kier alpha value is -2.57. The smallest absolute Gasteiger partial charge is 0.281 e. The number of amides is 1. The minimum absolute atomic E-state index is 0.0159. The fourth-order valence-corrected chi connectivity index (χ4v) is 1.89. The molecular weight excluding hydrogens is 258 g/mol. The summed E-state index contributed by atoms with van der Waals surface area (Å²) in [6.45, 7) is 6.06. The normalized spacial score (nSPS) is 10.3. The molecule has 0 aliphatic heterocycles. The third kappa shape index (κ3) is 2.87. The SMILES string of the molecule is CCN(CC)c1ccc(NC(=O)c2nonc2N)cc1. The van der Waals surface area contributed by atoms with Crippen LogP contribution in [-0.4, -0.2) is 29.3 Å². The first-order valence-corrected chi connectivity index (χ1v) is 6.40. The van der Waals surface area contributed by atoms with Gasteiger partial charge in [0.25, 0.3) is 5.91 Å². The second-order valence-electron chi connectivity index (χ2n) is 4.17. The minimum Gasteiger partial charge on any atom is -0.379 e. The molecule has 0 aliphatic carbocycles. The molecule has 20 heavy (non-hydrogen) atoms. The monoisotopic (exact) mass is 275 g/mol. The minimum atomic E-state index is -0.445. The molecule has 0 saturated carbocycles. The molecular formula is C13H17N5O2. The van der Waals surface area contributed by atoms with Crippen LogP contribution in [0.5, 0.6) is 0 Å². The summed E-state index contributed by atoms with van der Waals surface area (Å²) in [5.41, 5.74) is 7.21. The van der Waals surface area contributed by atoms with Crippen molar-refractivity contribution in [2.75, 3.05) is 29.0 Å². The Balaban J connectivity index is 2.08. The Labute approximate surface area is 116 Å². The lowest BCUT2D eigenvalue weighted by molar-refractivity contribution is 0.101. The fraction of sp³-hybridized carbons (Fsp3) is 0.308. The summed E-state index contributed by atoms with van der Waals surface area (Å²) < 4.78 is 4.39. The summed E-state index contributed by atoms with van der Waals surface area (Å²) >= 11 is 0. The molecule has 0 fully saturated rings. The number of nitrogens with one attached hydrogen (secondary N) is 1. The molecule has 0 radical (unpaired) electrons. The van der Waals surface area contributed by atoms with Crippen molar-refractivity contribution in [3.63, 3.8) is 0 Å². The van der Waals surface area contributed by atoms with Gasteiger partial charge in [0.2, 0.25) is 11.5 Å². The zero-order chi connectivity index (χ0) is 14.5. The molecule has 3 N–H and O–H groups in total. The van der Waals surface area contributed by atoms with E-state index in [-0.39, 0.29) is 11.5 Å². The van der Waals surface area contributed by atoms with Crippen molar-refractivity contribution in [3.05, 3.63) is 30.0 Å².